The molecule has 0 heterocycles. The summed E-state index contributed by atoms with van der Waals surface area (Å²) < 4.78 is 39.0. The molecule has 0 amide bonds. The van der Waals surface area contributed by atoms with Gasteiger partial charge >= 0.3 is 6.18 Å². The molecule has 0 N–H and O–H groups in total. The van der Waals surface area contributed by atoms with E-state index in [9.17, 15) is 13.2 Å². The van der Waals surface area contributed by atoms with Crippen molar-refractivity contribution in [3.63, 3.8) is 0 Å². The summed E-state index contributed by atoms with van der Waals surface area (Å²) in [6.45, 7) is 4.04. The Bertz CT molecular complexity index is 263. The third-order valence-corrected chi connectivity index (χ3v) is 5.38. The Hall–Kier alpha value is -0.210. The highest BCUT2D eigenvalue weighted by atomic mass is 19.4. The molecule has 0 aliphatic heterocycles. The predicted octanol–water partition coefficient (Wildman–Crippen LogP) is 5.43. The second-order valence-electron chi connectivity index (χ2n) is 6.72. The lowest BCUT2D eigenvalue weighted by molar-refractivity contribution is -0.200. The Morgan fingerprint density at radius 2 is 1.33 bits per heavy atom. The largest absolute Gasteiger partial charge is 0.392 e. The zero-order valence-electron chi connectivity index (χ0n) is 11.5. The highest BCUT2D eigenvalue weighted by molar-refractivity contribution is 4.86. The molecule has 0 aromatic rings. The van der Waals surface area contributed by atoms with Crippen LogP contribution in [0.2, 0.25) is 0 Å². The summed E-state index contributed by atoms with van der Waals surface area (Å²) in [6, 6.07) is 0. The van der Waals surface area contributed by atoms with Crippen molar-refractivity contribution in [1.82, 2.24) is 0 Å². The monoisotopic (exact) mass is 262 g/mol. The van der Waals surface area contributed by atoms with Gasteiger partial charge in [-0.05, 0) is 55.8 Å². The Balaban J connectivity index is 1.95. The first-order valence-electron chi connectivity index (χ1n) is 7.44. The van der Waals surface area contributed by atoms with Gasteiger partial charge in [0.2, 0.25) is 0 Å². The average Bonchev–Trinajstić information content (AvgIpc) is 2.29. The lowest BCUT2D eigenvalue weighted by Crippen LogP contribution is -2.37. The van der Waals surface area contributed by atoms with Gasteiger partial charge in [-0.15, -0.1) is 0 Å². The molecule has 0 aromatic heterocycles. The molecule has 0 spiro atoms. The molecule has 0 nitrogen and oxygen atoms in total. The average molecular weight is 262 g/mol. The van der Waals surface area contributed by atoms with Gasteiger partial charge in [0, 0.05) is 0 Å². The second-order valence-corrected chi connectivity index (χ2v) is 6.72. The molecule has 0 saturated heterocycles. The minimum Gasteiger partial charge on any atom is -0.171 e. The minimum absolute atomic E-state index is 0.177. The first-order valence-corrected chi connectivity index (χ1v) is 7.44. The van der Waals surface area contributed by atoms with E-state index in [1.807, 2.05) is 0 Å². The number of halogens is 3. The van der Waals surface area contributed by atoms with Gasteiger partial charge in [-0.2, -0.15) is 13.2 Å². The van der Waals surface area contributed by atoms with Crippen molar-refractivity contribution in [1.29, 1.82) is 0 Å². The molecule has 3 atom stereocenters. The number of rotatable bonds is 1. The van der Waals surface area contributed by atoms with E-state index in [1.165, 1.54) is 12.8 Å². The molecule has 2 fully saturated rings. The van der Waals surface area contributed by atoms with Gasteiger partial charge in [-0.25, -0.2) is 0 Å². The predicted molar refractivity (Wildman–Crippen MR) is 67.2 cm³/mol. The standard InChI is InChI=1S/C15H25F3/c1-10-3-6-12(7-4-10)13-8-5-11(2)14(9-13)15(16,17)18/h10-14H,3-9H2,1-2H3. The molecular weight excluding hydrogens is 237 g/mol. The van der Waals surface area contributed by atoms with E-state index in [-0.39, 0.29) is 5.92 Å². The van der Waals surface area contributed by atoms with Gasteiger partial charge in [0.15, 0.2) is 0 Å². The fourth-order valence-electron chi connectivity index (χ4n) is 4.00. The van der Waals surface area contributed by atoms with Crippen LogP contribution in [0.3, 0.4) is 0 Å². The fraction of sp³-hybridized carbons (Fsp3) is 1.00. The van der Waals surface area contributed by atoms with Crippen LogP contribution in [0.1, 0.15) is 58.8 Å². The fourth-order valence-corrected chi connectivity index (χ4v) is 4.00. The molecule has 0 bridgehead atoms. The number of hydrogen-bond acceptors (Lipinski definition) is 0. The zero-order chi connectivity index (χ0) is 13.3. The topological polar surface area (TPSA) is 0 Å². The molecule has 2 rings (SSSR count). The minimum atomic E-state index is -3.99. The first kappa shape index (κ1) is 14.2. The number of hydrogen-bond donors (Lipinski definition) is 0. The van der Waals surface area contributed by atoms with Crippen LogP contribution in [0.5, 0.6) is 0 Å². The van der Waals surface area contributed by atoms with Crippen molar-refractivity contribution in [2.24, 2.45) is 29.6 Å². The number of alkyl halides is 3. The van der Waals surface area contributed by atoms with Gasteiger partial charge in [-0.3, -0.25) is 0 Å². The van der Waals surface area contributed by atoms with Gasteiger partial charge in [0.25, 0.3) is 0 Å². The molecule has 0 aromatic carbocycles. The van der Waals surface area contributed by atoms with Crippen LogP contribution in [0.25, 0.3) is 0 Å². The summed E-state index contributed by atoms with van der Waals surface area (Å²) in [7, 11) is 0. The van der Waals surface area contributed by atoms with E-state index in [1.54, 1.807) is 6.92 Å². The molecule has 2 aliphatic rings. The molecular formula is C15H25F3. The van der Waals surface area contributed by atoms with Crippen molar-refractivity contribution in [2.45, 2.75) is 65.0 Å². The summed E-state index contributed by atoms with van der Waals surface area (Å²) >= 11 is 0. The quantitative estimate of drug-likeness (QED) is 0.591. The highest BCUT2D eigenvalue weighted by Crippen LogP contribution is 2.48. The Labute approximate surface area is 108 Å². The Morgan fingerprint density at radius 1 is 0.778 bits per heavy atom. The maximum Gasteiger partial charge on any atom is 0.392 e. The van der Waals surface area contributed by atoms with Crippen LogP contribution in [-0.2, 0) is 0 Å². The summed E-state index contributed by atoms with van der Waals surface area (Å²) in [6.07, 6.45) is 2.94. The molecule has 106 valence electrons. The van der Waals surface area contributed by atoms with E-state index >= 15 is 0 Å². The van der Waals surface area contributed by atoms with Crippen LogP contribution in [0.4, 0.5) is 13.2 Å². The summed E-state index contributed by atoms with van der Waals surface area (Å²) in [5, 5.41) is 0. The van der Waals surface area contributed by atoms with E-state index in [4.69, 9.17) is 0 Å². The lowest BCUT2D eigenvalue weighted by atomic mass is 9.66. The van der Waals surface area contributed by atoms with Gasteiger partial charge in [0.05, 0.1) is 5.92 Å². The molecule has 18 heavy (non-hydrogen) atoms. The zero-order valence-corrected chi connectivity index (χ0v) is 11.5. The van der Waals surface area contributed by atoms with Gasteiger partial charge < -0.3 is 0 Å². The van der Waals surface area contributed by atoms with Crippen LogP contribution in [0.15, 0.2) is 0 Å². The van der Waals surface area contributed by atoms with Crippen LogP contribution >= 0.6 is 0 Å². The summed E-state index contributed by atoms with van der Waals surface area (Å²) in [5.74, 6) is 0.459. The maximum atomic E-state index is 13.0. The molecule has 2 saturated carbocycles. The smallest absolute Gasteiger partial charge is 0.171 e. The van der Waals surface area contributed by atoms with Crippen molar-refractivity contribution in [2.75, 3.05) is 0 Å². The van der Waals surface area contributed by atoms with E-state index < -0.39 is 12.1 Å². The maximum absolute atomic E-state index is 13.0. The van der Waals surface area contributed by atoms with E-state index in [0.29, 0.717) is 18.3 Å². The molecule has 3 heteroatoms. The summed E-state index contributed by atoms with van der Waals surface area (Å²) in [4.78, 5) is 0. The Kier molecular flexibility index (Phi) is 4.28. The molecule has 2 aliphatic carbocycles. The van der Waals surface area contributed by atoms with Crippen molar-refractivity contribution >= 4 is 0 Å². The van der Waals surface area contributed by atoms with Gasteiger partial charge in [0.1, 0.15) is 0 Å². The SMILES string of the molecule is CC1CCC(C2CCC(C)C(C(F)(F)F)C2)CC1. The normalized spacial score (nSPS) is 42.8. The van der Waals surface area contributed by atoms with Crippen LogP contribution in [-0.4, -0.2) is 6.18 Å². The van der Waals surface area contributed by atoms with E-state index in [2.05, 4.69) is 6.92 Å². The van der Waals surface area contributed by atoms with Crippen molar-refractivity contribution < 1.29 is 13.2 Å². The third kappa shape index (κ3) is 3.21. The van der Waals surface area contributed by atoms with E-state index in [0.717, 1.165) is 31.6 Å². The van der Waals surface area contributed by atoms with Crippen molar-refractivity contribution in [3.8, 4) is 0 Å². The van der Waals surface area contributed by atoms with Crippen LogP contribution < -0.4 is 0 Å². The summed E-state index contributed by atoms with van der Waals surface area (Å²) in [5.41, 5.74) is 0. The molecule has 3 unspecified atom stereocenters. The lowest BCUT2D eigenvalue weighted by Gasteiger charge is -2.41. The van der Waals surface area contributed by atoms with Crippen LogP contribution in [0, 0.1) is 29.6 Å². The Morgan fingerprint density at radius 3 is 1.89 bits per heavy atom. The second kappa shape index (κ2) is 5.42. The molecule has 0 radical (unpaired) electrons. The van der Waals surface area contributed by atoms with Gasteiger partial charge in [-0.1, -0.05) is 26.7 Å². The highest BCUT2D eigenvalue weighted by Gasteiger charge is 2.47. The van der Waals surface area contributed by atoms with Crippen molar-refractivity contribution in [3.05, 3.63) is 0 Å². The first-order chi connectivity index (χ1) is 8.38. The third-order valence-electron chi connectivity index (χ3n) is 5.38.